The third kappa shape index (κ3) is 8.00. The lowest BCUT2D eigenvalue weighted by atomic mass is 9.84. The molecule has 0 N–H and O–H groups in total. The van der Waals surface area contributed by atoms with Gasteiger partial charge in [-0.15, -0.1) is 0 Å². The molecule has 0 spiro atoms. The number of nitrogens with zero attached hydrogens (tertiary/aromatic N) is 5. The average molecular weight is 1120 g/mol. The van der Waals surface area contributed by atoms with Crippen LogP contribution in [0.15, 0.2) is 243 Å². The number of aromatic nitrogens is 5. The van der Waals surface area contributed by atoms with Crippen LogP contribution in [0.3, 0.4) is 0 Å². The summed E-state index contributed by atoms with van der Waals surface area (Å²) in [5, 5.41) is 4.17. The summed E-state index contributed by atoms with van der Waals surface area (Å²) >= 11 is 0. The molecular formula is C80H61N5O. The van der Waals surface area contributed by atoms with Crippen molar-refractivity contribution in [2.75, 3.05) is 0 Å². The lowest BCUT2D eigenvalue weighted by molar-refractivity contribution is -0.570. The van der Waals surface area contributed by atoms with E-state index in [0.717, 1.165) is 82.9 Å². The number of fused-ring (bicyclic) bond motifs is 13. The number of imidazole rings is 1. The number of rotatable bonds is 7. The summed E-state index contributed by atoms with van der Waals surface area (Å²) in [4.78, 5) is 4.92. The van der Waals surface area contributed by atoms with Crippen molar-refractivity contribution in [1.82, 2.24) is 18.7 Å². The van der Waals surface area contributed by atoms with Crippen LogP contribution in [0.5, 0.6) is 11.5 Å². The van der Waals surface area contributed by atoms with Gasteiger partial charge in [0.2, 0.25) is 0 Å². The van der Waals surface area contributed by atoms with Crippen molar-refractivity contribution < 1.29 is 25.8 Å². The zero-order chi connectivity index (χ0) is 68.1. The highest BCUT2D eigenvalue weighted by Gasteiger charge is 2.30. The van der Waals surface area contributed by atoms with E-state index in [4.69, 9.17) is 17.9 Å². The van der Waals surface area contributed by atoms with E-state index >= 15 is 0 Å². The monoisotopic (exact) mass is 1120 g/mol. The van der Waals surface area contributed by atoms with Gasteiger partial charge in [-0.25, -0.2) is 4.98 Å². The molecule has 6 heteroatoms. The molecule has 0 atom stereocenters. The van der Waals surface area contributed by atoms with Gasteiger partial charge in [-0.2, -0.15) is 0 Å². The van der Waals surface area contributed by atoms with Gasteiger partial charge in [-0.1, -0.05) is 166 Å². The summed E-state index contributed by atoms with van der Waals surface area (Å²) in [7, 11) is 0. The van der Waals surface area contributed by atoms with Crippen molar-refractivity contribution in [3.05, 3.63) is 277 Å². The summed E-state index contributed by atoms with van der Waals surface area (Å²) < 4.78 is 124. The van der Waals surface area contributed by atoms with E-state index in [1.165, 1.54) is 36.4 Å². The first kappa shape index (κ1) is 39.8. The molecule has 4 aromatic heterocycles. The lowest BCUT2D eigenvalue weighted by Gasteiger charge is -2.23. The number of benzene rings is 11. The molecule has 0 saturated heterocycles. The molecule has 1 aliphatic heterocycles. The van der Waals surface area contributed by atoms with Crippen LogP contribution in [0.25, 0.3) is 133 Å². The average Bonchev–Trinajstić information content (AvgIpc) is 1.49. The normalized spacial score (nSPS) is 14.8. The number of pyridine rings is 1. The lowest BCUT2D eigenvalue weighted by Crippen LogP contribution is -2.32. The quantitative estimate of drug-likeness (QED) is 0.118. The van der Waals surface area contributed by atoms with Crippen LogP contribution in [0.1, 0.15) is 65.0 Å². The highest BCUT2D eigenvalue weighted by atomic mass is 16.5. The molecule has 0 aliphatic carbocycles. The Bertz CT molecular complexity index is 5680. The fourth-order valence-electron chi connectivity index (χ4n) is 13.2. The fraction of sp³-hybridized carbons (Fsp3) is 0.100. The molecule has 86 heavy (non-hydrogen) atoms. The van der Waals surface area contributed by atoms with E-state index in [9.17, 15) is 8.22 Å². The van der Waals surface area contributed by atoms with Gasteiger partial charge in [0, 0.05) is 55.9 Å². The summed E-state index contributed by atoms with van der Waals surface area (Å²) in [6.45, 7) is -5.05. The van der Waals surface area contributed by atoms with Gasteiger partial charge >= 0.3 is 0 Å². The van der Waals surface area contributed by atoms with Crippen LogP contribution in [0.4, 0.5) is 0 Å². The molecule has 0 radical (unpaired) electrons. The van der Waals surface area contributed by atoms with E-state index < -0.39 is 27.4 Å². The molecule has 0 unspecified atom stereocenters. The van der Waals surface area contributed by atoms with Crippen LogP contribution in [0.2, 0.25) is 0 Å². The maximum absolute atomic E-state index is 9.23. The Morgan fingerprint density at radius 1 is 0.419 bits per heavy atom. The number of para-hydroxylation sites is 3. The first-order valence-corrected chi connectivity index (χ1v) is 28.8. The highest BCUT2D eigenvalue weighted by molar-refractivity contribution is 6.11. The zero-order valence-electron chi connectivity index (χ0n) is 59.2. The van der Waals surface area contributed by atoms with Gasteiger partial charge in [-0.05, 0) is 201 Å². The molecule has 0 bridgehead atoms. The second kappa shape index (κ2) is 19.5. The Hall–Kier alpha value is -10.6. The second-order valence-corrected chi connectivity index (χ2v) is 23.3. The third-order valence-corrected chi connectivity index (χ3v) is 17.1. The predicted octanol–water partition coefficient (Wildman–Crippen LogP) is 20.3. The smallest absolute Gasteiger partial charge is 0.269 e. The third-order valence-electron chi connectivity index (χ3n) is 17.1. The first-order chi connectivity index (χ1) is 46.8. The number of aryl methyl sites for hydroxylation is 4. The van der Waals surface area contributed by atoms with E-state index in [1.807, 2.05) is 131 Å². The van der Waals surface area contributed by atoms with Gasteiger partial charge in [-0.3, -0.25) is 13.7 Å². The van der Waals surface area contributed by atoms with Gasteiger partial charge in [0.25, 0.3) is 6.33 Å². The van der Waals surface area contributed by atoms with Crippen LogP contribution in [-0.4, -0.2) is 18.7 Å². The minimum atomic E-state index is -2.94. The molecule has 0 amide bonds. The Kier molecular flexibility index (Phi) is 9.04. The molecule has 15 aromatic rings. The molecule has 11 aromatic carbocycles. The minimum Gasteiger partial charge on any atom is -0.458 e. The summed E-state index contributed by atoms with van der Waals surface area (Å²) in [5.74, 6) is 1.82. The van der Waals surface area contributed by atoms with Crippen molar-refractivity contribution in [2.24, 2.45) is 0 Å². The molecule has 0 fully saturated rings. The van der Waals surface area contributed by atoms with Crippen LogP contribution in [-0.2, 0) is 5.41 Å². The molecule has 412 valence electrons. The highest BCUT2D eigenvalue weighted by Crippen LogP contribution is 2.49. The molecule has 16 rings (SSSR count). The van der Waals surface area contributed by atoms with Crippen molar-refractivity contribution in [1.29, 1.82) is 0 Å². The Morgan fingerprint density at radius 3 is 1.58 bits per heavy atom. The number of hydrogen-bond acceptors (Lipinski definition) is 2. The Morgan fingerprint density at radius 2 is 0.953 bits per heavy atom. The largest absolute Gasteiger partial charge is 0.458 e. The topological polar surface area (TPSA) is 40.8 Å². The SMILES string of the molecule is [2H]C([2H])([2H])c1cccc(C([2H])([2H])[2H])c1-c1cc2c(c(-c3c(C([2H])([2H])[2H])cccc3C([2H])([2H])[2H])c1)-[n+]1[c-]n(-c3cccc(Oc4ccc5c6ccccc6n(-c6cc(C(C)(C)C)ccn6)c5c4)c3)c3cc(-n4c5ccccc5c5ccccc54)cc(c31)-c1ccccc1-c1ccccc1-2. The van der Waals surface area contributed by atoms with Crippen molar-refractivity contribution in [3.63, 3.8) is 0 Å². The van der Waals surface area contributed by atoms with Gasteiger partial charge < -0.3 is 9.30 Å². The maximum atomic E-state index is 9.23. The van der Waals surface area contributed by atoms with E-state index in [-0.39, 0.29) is 55.6 Å². The predicted molar refractivity (Wildman–Crippen MR) is 355 cm³/mol. The molecule has 0 saturated carbocycles. The Labute approximate surface area is 517 Å². The molecular weight excluding hydrogens is 1050 g/mol. The van der Waals surface area contributed by atoms with Gasteiger partial charge in [0.1, 0.15) is 17.3 Å². The van der Waals surface area contributed by atoms with Crippen LogP contribution < -0.4 is 9.30 Å². The minimum absolute atomic E-state index is 0.0656. The summed E-state index contributed by atoms with van der Waals surface area (Å²) in [6.07, 6.45) is 5.69. The van der Waals surface area contributed by atoms with Crippen molar-refractivity contribution in [2.45, 2.75) is 53.6 Å². The van der Waals surface area contributed by atoms with Gasteiger partial charge in [0.05, 0.1) is 44.5 Å². The van der Waals surface area contributed by atoms with E-state index in [1.54, 1.807) is 12.1 Å². The number of hydrogen-bond donors (Lipinski definition) is 0. The molecule has 6 nitrogen and oxygen atoms in total. The fourth-order valence-corrected chi connectivity index (χ4v) is 13.2. The van der Waals surface area contributed by atoms with E-state index in [0.29, 0.717) is 39.3 Å². The Balaban J connectivity index is 1.04. The van der Waals surface area contributed by atoms with Crippen LogP contribution >= 0.6 is 0 Å². The van der Waals surface area contributed by atoms with E-state index in [2.05, 4.69) is 109 Å². The standard InChI is InChI=1S/C80H61N5O/c1-49-21-18-22-50(2)76(49)53-41-67-61-29-10-8-27-59(61)60-28-9-11-30-62(60)68-45-56(84-70-34-15-12-31-63(70)64-32-13-16-35-71(64)84)46-74-79(68)83(78(67)69(42-53)77-51(3)23-19-24-52(77)4)48-82(74)55-25-20-26-57(44-55)86-58-37-38-66-65-33-14-17-36-72(65)85(73(66)47-58)75-43-54(39-40-81-75)80(5,6)7/h8-47H,1-7H3/i1D3,2D3,3D3,4D3. The molecule has 1 aliphatic rings. The summed E-state index contributed by atoms with van der Waals surface area (Å²) in [6, 6.07) is 74.5. The first-order valence-electron chi connectivity index (χ1n) is 34.8. The van der Waals surface area contributed by atoms with Crippen LogP contribution in [0, 0.1) is 33.7 Å². The van der Waals surface area contributed by atoms with Gasteiger partial charge in [0.15, 0.2) is 0 Å². The molecule has 5 heterocycles. The zero-order valence-corrected chi connectivity index (χ0v) is 47.2. The summed E-state index contributed by atoms with van der Waals surface area (Å²) in [5.41, 5.74) is 10.5. The van der Waals surface area contributed by atoms with Crippen molar-refractivity contribution in [3.8, 4) is 90.0 Å². The van der Waals surface area contributed by atoms with Crippen molar-refractivity contribution >= 4 is 54.6 Å². The second-order valence-electron chi connectivity index (χ2n) is 23.3. The number of ether oxygens (including phenoxy) is 1. The maximum Gasteiger partial charge on any atom is 0.269 e.